The fourth-order valence-corrected chi connectivity index (χ4v) is 3.06. The largest absolute Gasteiger partial charge is 0.396 e. The minimum absolute atomic E-state index is 0.0617. The summed E-state index contributed by atoms with van der Waals surface area (Å²) in [5, 5.41) is 8.93. The number of nitrogens with zero attached hydrogens (tertiary/aromatic N) is 1. The van der Waals surface area contributed by atoms with Gasteiger partial charge in [-0.05, 0) is 31.6 Å². The lowest BCUT2D eigenvalue weighted by atomic mass is 9.94. The van der Waals surface area contributed by atoms with Crippen molar-refractivity contribution in [1.82, 2.24) is 4.90 Å². The van der Waals surface area contributed by atoms with Gasteiger partial charge in [0.2, 0.25) is 5.91 Å². The van der Waals surface area contributed by atoms with Crippen molar-refractivity contribution in [2.75, 3.05) is 31.7 Å². The smallest absolute Gasteiger partial charge is 0.239 e. The van der Waals surface area contributed by atoms with Crippen LogP contribution in [0.2, 0.25) is 0 Å². The molecule has 112 valence electrons. The van der Waals surface area contributed by atoms with Crippen molar-refractivity contribution in [3.63, 3.8) is 0 Å². The van der Waals surface area contributed by atoms with E-state index in [0.29, 0.717) is 25.4 Å². The normalized spacial score (nSPS) is 22.3. The first-order valence-corrected chi connectivity index (χ1v) is 8.72. The van der Waals surface area contributed by atoms with Crippen LogP contribution in [0.4, 0.5) is 0 Å². The van der Waals surface area contributed by atoms with Crippen molar-refractivity contribution in [3.8, 4) is 0 Å². The van der Waals surface area contributed by atoms with Crippen LogP contribution in [0.25, 0.3) is 0 Å². The first-order chi connectivity index (χ1) is 8.83. The summed E-state index contributed by atoms with van der Waals surface area (Å²) >= 11 is 0. The maximum Gasteiger partial charge on any atom is 0.239 e. The van der Waals surface area contributed by atoms with Crippen molar-refractivity contribution in [3.05, 3.63) is 0 Å². The van der Waals surface area contributed by atoms with E-state index in [9.17, 15) is 13.2 Å². The second kappa shape index (κ2) is 7.21. The Morgan fingerprint density at radius 3 is 2.79 bits per heavy atom. The lowest BCUT2D eigenvalue weighted by molar-refractivity contribution is -0.134. The number of hydrogen-bond acceptors (Lipinski definition) is 5. The first kappa shape index (κ1) is 16.4. The zero-order chi connectivity index (χ0) is 14.5. The molecule has 0 aliphatic carbocycles. The van der Waals surface area contributed by atoms with Gasteiger partial charge in [-0.3, -0.25) is 4.79 Å². The molecular weight excluding hydrogens is 268 g/mol. The third-order valence-corrected chi connectivity index (χ3v) is 4.46. The van der Waals surface area contributed by atoms with E-state index in [1.807, 2.05) is 0 Å². The zero-order valence-electron chi connectivity index (χ0n) is 11.4. The molecule has 0 bridgehead atoms. The fourth-order valence-electron chi connectivity index (χ4n) is 2.38. The van der Waals surface area contributed by atoms with Crippen LogP contribution in [0.5, 0.6) is 0 Å². The van der Waals surface area contributed by atoms with Crippen LogP contribution in [-0.4, -0.2) is 62.1 Å². The zero-order valence-corrected chi connectivity index (χ0v) is 12.2. The molecule has 6 nitrogen and oxygen atoms in total. The second-order valence-electron chi connectivity index (χ2n) is 5.33. The van der Waals surface area contributed by atoms with Crippen molar-refractivity contribution in [2.24, 2.45) is 11.7 Å². The van der Waals surface area contributed by atoms with Gasteiger partial charge in [-0.15, -0.1) is 0 Å². The average molecular weight is 292 g/mol. The van der Waals surface area contributed by atoms with Crippen LogP contribution < -0.4 is 5.73 Å². The van der Waals surface area contributed by atoms with Crippen molar-refractivity contribution in [1.29, 1.82) is 0 Å². The minimum atomic E-state index is -3.09. The summed E-state index contributed by atoms with van der Waals surface area (Å²) in [6, 6.07) is -0.748. The van der Waals surface area contributed by atoms with Crippen molar-refractivity contribution in [2.45, 2.75) is 31.7 Å². The monoisotopic (exact) mass is 292 g/mol. The molecule has 0 aromatic carbocycles. The quantitative estimate of drug-likeness (QED) is 0.679. The number of aliphatic hydroxyl groups is 1. The predicted molar refractivity (Wildman–Crippen MR) is 73.3 cm³/mol. The van der Waals surface area contributed by atoms with E-state index in [2.05, 4.69) is 0 Å². The third-order valence-electron chi connectivity index (χ3n) is 3.48. The van der Waals surface area contributed by atoms with E-state index in [-0.39, 0.29) is 24.7 Å². The maximum atomic E-state index is 12.1. The summed E-state index contributed by atoms with van der Waals surface area (Å²) in [7, 11) is -3.09. The van der Waals surface area contributed by atoms with Crippen molar-refractivity contribution >= 4 is 15.7 Å². The standard InChI is InChI=1S/C12H24N2O4S/c1-19(17,18)8-5-11(13)12(16)14-6-2-3-10(9-14)4-7-15/h10-11,15H,2-9,13H2,1H3. The van der Waals surface area contributed by atoms with E-state index < -0.39 is 15.9 Å². The number of piperidine rings is 1. The van der Waals surface area contributed by atoms with Crippen LogP contribution in [0, 0.1) is 5.92 Å². The Kier molecular flexibility index (Phi) is 6.22. The number of amides is 1. The van der Waals surface area contributed by atoms with Crippen LogP contribution >= 0.6 is 0 Å². The SMILES string of the molecule is CS(=O)(=O)CCC(N)C(=O)N1CCCC(CCO)C1. The highest BCUT2D eigenvalue weighted by Gasteiger charge is 2.27. The van der Waals surface area contributed by atoms with Gasteiger partial charge >= 0.3 is 0 Å². The molecule has 3 N–H and O–H groups in total. The molecule has 0 aromatic heterocycles. The van der Waals surface area contributed by atoms with E-state index in [1.54, 1.807) is 4.90 Å². The van der Waals surface area contributed by atoms with Crippen LogP contribution in [0.15, 0.2) is 0 Å². The van der Waals surface area contributed by atoms with Gasteiger partial charge in [-0.1, -0.05) is 0 Å². The Balaban J connectivity index is 2.47. The van der Waals surface area contributed by atoms with Crippen LogP contribution in [0.1, 0.15) is 25.7 Å². The molecule has 2 unspecified atom stereocenters. The van der Waals surface area contributed by atoms with E-state index in [0.717, 1.165) is 19.1 Å². The molecule has 7 heteroatoms. The summed E-state index contributed by atoms with van der Waals surface area (Å²) in [6.45, 7) is 1.42. The topological polar surface area (TPSA) is 101 Å². The number of sulfone groups is 1. The number of carbonyl (C=O) groups excluding carboxylic acids is 1. The van der Waals surface area contributed by atoms with E-state index >= 15 is 0 Å². The number of aliphatic hydroxyl groups excluding tert-OH is 1. The van der Waals surface area contributed by atoms with Crippen LogP contribution in [-0.2, 0) is 14.6 Å². The Bertz CT molecular complexity index is 395. The maximum absolute atomic E-state index is 12.1. The fraction of sp³-hybridized carbons (Fsp3) is 0.917. The molecule has 0 saturated carbocycles. The highest BCUT2D eigenvalue weighted by molar-refractivity contribution is 7.90. The summed E-state index contributed by atoms with van der Waals surface area (Å²) in [5.74, 6) is 0.0875. The number of rotatable bonds is 6. The molecule has 0 radical (unpaired) electrons. The molecule has 0 spiro atoms. The molecule has 1 heterocycles. The molecular formula is C12H24N2O4S. The van der Waals surface area contributed by atoms with E-state index in [4.69, 9.17) is 10.8 Å². The Morgan fingerprint density at radius 1 is 1.53 bits per heavy atom. The minimum Gasteiger partial charge on any atom is -0.396 e. The van der Waals surface area contributed by atoms with Gasteiger partial charge in [-0.2, -0.15) is 0 Å². The summed E-state index contributed by atoms with van der Waals surface area (Å²) in [6.07, 6.45) is 3.93. The first-order valence-electron chi connectivity index (χ1n) is 6.66. The van der Waals surface area contributed by atoms with Gasteiger partial charge in [0.25, 0.3) is 0 Å². The predicted octanol–water partition coefficient (Wildman–Crippen LogP) is -0.631. The Morgan fingerprint density at radius 2 is 2.21 bits per heavy atom. The highest BCUT2D eigenvalue weighted by atomic mass is 32.2. The summed E-state index contributed by atoms with van der Waals surface area (Å²) in [5.41, 5.74) is 5.77. The number of carbonyl (C=O) groups is 1. The Hall–Kier alpha value is -0.660. The van der Waals surface area contributed by atoms with Gasteiger partial charge in [0.05, 0.1) is 11.8 Å². The molecule has 19 heavy (non-hydrogen) atoms. The number of hydrogen-bond donors (Lipinski definition) is 2. The third kappa shape index (κ3) is 5.88. The van der Waals surface area contributed by atoms with Crippen LogP contribution in [0.3, 0.4) is 0 Å². The number of nitrogens with two attached hydrogens (primary N) is 1. The Labute approximate surface area is 114 Å². The van der Waals surface area contributed by atoms with E-state index in [1.165, 1.54) is 0 Å². The molecule has 1 aliphatic rings. The second-order valence-corrected chi connectivity index (χ2v) is 7.59. The molecule has 1 fully saturated rings. The lowest BCUT2D eigenvalue weighted by Crippen LogP contribution is -2.48. The number of likely N-dealkylation sites (tertiary alicyclic amines) is 1. The van der Waals surface area contributed by atoms with Gasteiger partial charge in [0.1, 0.15) is 9.84 Å². The van der Waals surface area contributed by atoms with Gasteiger partial charge < -0.3 is 15.7 Å². The molecule has 1 aliphatic heterocycles. The summed E-state index contributed by atoms with van der Waals surface area (Å²) in [4.78, 5) is 13.8. The van der Waals surface area contributed by atoms with Gasteiger partial charge in [0, 0.05) is 26.0 Å². The molecule has 1 amide bonds. The lowest BCUT2D eigenvalue weighted by Gasteiger charge is -2.34. The molecule has 1 saturated heterocycles. The molecule has 1 rings (SSSR count). The van der Waals surface area contributed by atoms with Crippen molar-refractivity contribution < 1.29 is 18.3 Å². The average Bonchev–Trinajstić information content (AvgIpc) is 2.35. The summed E-state index contributed by atoms with van der Waals surface area (Å²) < 4.78 is 22.1. The highest BCUT2D eigenvalue weighted by Crippen LogP contribution is 2.20. The molecule has 2 atom stereocenters. The van der Waals surface area contributed by atoms with Gasteiger partial charge in [-0.25, -0.2) is 8.42 Å². The van der Waals surface area contributed by atoms with Gasteiger partial charge in [0.15, 0.2) is 0 Å². The molecule has 0 aromatic rings.